The molecule has 0 fully saturated rings. The van der Waals surface area contributed by atoms with Gasteiger partial charge in [-0.1, -0.05) is 0 Å². The van der Waals surface area contributed by atoms with Gasteiger partial charge in [0.1, 0.15) is 12.3 Å². The average Bonchev–Trinajstić information content (AvgIpc) is 3.04. The Hall–Kier alpha value is -3.04. The van der Waals surface area contributed by atoms with E-state index in [0.717, 1.165) is 14.5 Å². The lowest BCUT2D eigenvalue weighted by Crippen LogP contribution is -2.24. The fourth-order valence-corrected chi connectivity index (χ4v) is 1.52. The smallest absolute Gasteiger partial charge is 0.369 e. The molecular formula is C10H10N8O2. The van der Waals surface area contributed by atoms with Crippen LogP contribution in [0.3, 0.4) is 0 Å². The van der Waals surface area contributed by atoms with Crippen LogP contribution in [0.5, 0.6) is 5.88 Å². The Morgan fingerprint density at radius 3 is 2.95 bits per heavy atom. The second kappa shape index (κ2) is 4.91. The van der Waals surface area contributed by atoms with E-state index in [1.165, 1.54) is 31.7 Å². The molecule has 0 aliphatic rings. The third-order valence-electron chi connectivity index (χ3n) is 2.47. The lowest BCUT2D eigenvalue weighted by molar-refractivity contribution is 0.287. The van der Waals surface area contributed by atoms with Gasteiger partial charge < -0.3 is 4.74 Å². The van der Waals surface area contributed by atoms with Crippen LogP contribution in [0, 0.1) is 0 Å². The number of aromatic nitrogens is 8. The van der Waals surface area contributed by atoms with Gasteiger partial charge in [-0.3, -0.25) is 10.1 Å². The fraction of sp³-hybridized carbons (Fsp3) is 0.200. The molecule has 3 rings (SSSR count). The van der Waals surface area contributed by atoms with Crippen molar-refractivity contribution in [3.05, 3.63) is 40.8 Å². The van der Waals surface area contributed by atoms with E-state index in [4.69, 9.17) is 6.15 Å². The lowest BCUT2D eigenvalue weighted by Gasteiger charge is -2.05. The molecule has 0 aliphatic carbocycles. The number of H-pyrrole nitrogens is 1. The number of tetrazole rings is 1. The van der Waals surface area contributed by atoms with Gasteiger partial charge in [0.25, 0.3) is 0 Å². The predicted molar refractivity (Wildman–Crippen MR) is 65.1 cm³/mol. The molecule has 0 aromatic carbocycles. The van der Waals surface area contributed by atoms with Crippen molar-refractivity contribution < 1.29 is 6.15 Å². The van der Waals surface area contributed by atoms with Gasteiger partial charge in [-0.2, -0.15) is 4.68 Å². The molecule has 10 nitrogen and oxygen atoms in total. The molecule has 0 amide bonds. The first kappa shape index (κ1) is 10.8. The second-order valence-corrected chi connectivity index (χ2v) is 3.78. The van der Waals surface area contributed by atoms with Crippen molar-refractivity contribution in [1.82, 2.24) is 39.9 Å². The van der Waals surface area contributed by atoms with E-state index >= 15 is 0 Å². The summed E-state index contributed by atoms with van der Waals surface area (Å²) < 4.78 is 14.8. The maximum Gasteiger partial charge on any atom is 0.369 e. The van der Waals surface area contributed by atoms with Crippen LogP contribution >= 0.6 is 0 Å². The summed E-state index contributed by atoms with van der Waals surface area (Å²) in [7, 11) is 1.49. The largest absolute Gasteiger partial charge is 0.470 e. The number of aryl methyl sites for hydroxylation is 1. The number of nitrogens with one attached hydrogen (secondary N) is 1. The van der Waals surface area contributed by atoms with Gasteiger partial charge in [0, 0.05) is 31.7 Å². The predicted octanol–water partition coefficient (Wildman–Crippen LogP) is -0.942. The highest BCUT2D eigenvalue weighted by Crippen LogP contribution is 2.09. The summed E-state index contributed by atoms with van der Waals surface area (Å²) in [6.07, 6.45) is 4.35. The average molecular weight is 276 g/mol. The van der Waals surface area contributed by atoms with E-state index in [-0.39, 0.29) is 18.3 Å². The number of nitrogens with zero attached hydrogens (tertiary/aromatic N) is 7. The first-order valence-electron chi connectivity index (χ1n) is 6.07. The van der Waals surface area contributed by atoms with E-state index in [1.54, 1.807) is 0 Å². The number of rotatable bonds is 4. The molecule has 1 N–H and O–H groups in total. The molecule has 0 aliphatic heterocycles. The van der Waals surface area contributed by atoms with Gasteiger partial charge in [-0.15, -0.1) is 9.78 Å². The van der Waals surface area contributed by atoms with Gasteiger partial charge in [-0.25, -0.2) is 9.78 Å². The van der Waals surface area contributed by atoms with E-state index < -0.39 is 5.69 Å². The molecule has 0 atom stereocenters. The monoisotopic (exact) mass is 276 g/mol. The van der Waals surface area contributed by atoms with E-state index in [1.807, 2.05) is 0 Å². The van der Waals surface area contributed by atoms with Crippen molar-refractivity contribution in [2.45, 2.75) is 6.61 Å². The van der Waals surface area contributed by atoms with Crippen LogP contribution < -0.4 is 10.4 Å². The van der Waals surface area contributed by atoms with Crippen LogP contribution in [0.1, 0.15) is 5.69 Å². The maximum atomic E-state index is 11.9. The van der Waals surface area contributed by atoms with Gasteiger partial charge >= 0.3 is 5.69 Å². The van der Waals surface area contributed by atoms with Gasteiger partial charge in [-0.05, 0) is 10.4 Å². The highest BCUT2D eigenvalue weighted by molar-refractivity contribution is 5.25. The summed E-state index contributed by atoms with van der Waals surface area (Å²) in [5, 5.41) is 12.0. The molecule has 0 saturated heterocycles. The van der Waals surface area contributed by atoms with Gasteiger partial charge in [0.2, 0.25) is 5.88 Å². The van der Waals surface area contributed by atoms with Crippen LogP contribution in [0.4, 0.5) is 0 Å². The summed E-state index contributed by atoms with van der Waals surface area (Å²) in [5.74, 6) is 0.508. The first-order valence-corrected chi connectivity index (χ1v) is 5.62. The second-order valence-electron chi connectivity index (χ2n) is 3.78. The molecule has 20 heavy (non-hydrogen) atoms. The molecule has 0 spiro atoms. The summed E-state index contributed by atoms with van der Waals surface area (Å²) in [6, 6.07) is 1.54. The highest BCUT2D eigenvalue weighted by atomic mass is 16.5. The highest BCUT2D eigenvalue weighted by Gasteiger charge is 2.14. The lowest BCUT2D eigenvalue weighted by atomic mass is 10.4. The van der Waals surface area contributed by atoms with E-state index in [9.17, 15) is 4.79 Å². The van der Waals surface area contributed by atoms with Crippen molar-refractivity contribution in [3.63, 3.8) is 0 Å². The Morgan fingerprint density at radius 1 is 1.40 bits per heavy atom. The molecule has 102 valence electrons. The van der Waals surface area contributed by atoms with Crippen molar-refractivity contribution in [2.24, 2.45) is 7.05 Å². The summed E-state index contributed by atoms with van der Waals surface area (Å²) in [5.41, 5.74) is -0.0354. The third kappa shape index (κ3) is 2.13. The zero-order chi connectivity index (χ0) is 14.8. The van der Waals surface area contributed by atoms with Crippen molar-refractivity contribution in [1.29, 1.82) is 0 Å². The van der Waals surface area contributed by atoms with Crippen LogP contribution in [-0.2, 0) is 13.7 Å². The minimum atomic E-state index is -0.438. The standard InChI is InChI=1S/C10H10N8O2/c1-17-10(19)18(16-15-17)9-7(11-4-5-12-9)6-20-8-2-3-13-14-8/h2-5H,6H2,1H3,(H,13,14)/i/hT. The molecule has 10 heteroatoms. The number of hydrogen-bond acceptors (Lipinski definition) is 7. The summed E-state index contributed by atoms with van der Waals surface area (Å²) in [4.78, 5) is 20.1. The fourth-order valence-electron chi connectivity index (χ4n) is 1.52. The topological polar surface area (TPSA) is 116 Å². The summed E-state index contributed by atoms with van der Waals surface area (Å²) in [6.45, 7) is 0.0310. The Bertz CT molecular complexity index is 822. The molecule has 0 radical (unpaired) electrons. The van der Waals surface area contributed by atoms with Crippen molar-refractivity contribution in [2.75, 3.05) is 0 Å². The molecule has 0 unspecified atom stereocenters. The van der Waals surface area contributed by atoms with E-state index in [0.29, 0.717) is 5.69 Å². The number of aromatic amines is 1. The summed E-state index contributed by atoms with van der Waals surface area (Å²) >= 11 is 0. The van der Waals surface area contributed by atoms with Crippen LogP contribution in [0.25, 0.3) is 5.82 Å². The van der Waals surface area contributed by atoms with Crippen LogP contribution in [0.2, 0.25) is 1.41 Å². The van der Waals surface area contributed by atoms with Crippen molar-refractivity contribution >= 4 is 0 Å². The number of hydrogen-bond donors (Lipinski definition) is 1. The minimum Gasteiger partial charge on any atom is -0.470 e. The van der Waals surface area contributed by atoms with Crippen molar-refractivity contribution in [3.8, 4) is 11.7 Å². The Kier molecular flexibility index (Phi) is 2.66. The Morgan fingerprint density at radius 2 is 2.25 bits per heavy atom. The maximum absolute atomic E-state index is 11.9. The molecule has 3 aromatic rings. The van der Waals surface area contributed by atoms with Crippen LogP contribution in [0.15, 0.2) is 29.5 Å². The molecule has 3 heterocycles. The first-order chi connectivity index (χ1) is 10.1. The molecule has 3 aromatic heterocycles. The number of ether oxygens (including phenoxy) is 1. The molecule has 0 saturated carbocycles. The van der Waals surface area contributed by atoms with Gasteiger partial charge in [0.15, 0.2) is 7.23 Å². The minimum absolute atomic E-state index is 0.0310. The normalized spacial score (nSPS) is 11.3. The molecule has 0 bridgehead atoms. The van der Waals surface area contributed by atoms with Crippen LogP contribution in [-0.4, -0.2) is 39.9 Å². The van der Waals surface area contributed by atoms with Gasteiger partial charge in [0.05, 0.1) is 0 Å². The quantitative estimate of drug-likeness (QED) is 0.653. The molecular weight excluding hydrogens is 264 g/mol. The Labute approximate surface area is 113 Å². The SMILES string of the molecule is [3H]n1ccc(OCc2nccnc2-n2nnn(C)c2=O)n1. The Balaban J connectivity index is 1.89. The van der Waals surface area contributed by atoms with E-state index in [2.05, 4.69) is 25.5 Å². The zero-order valence-corrected chi connectivity index (χ0v) is 10.4. The zero-order valence-electron chi connectivity index (χ0n) is 11.4. The third-order valence-corrected chi connectivity index (χ3v) is 2.47.